The molecule has 1 aliphatic heterocycles. The van der Waals surface area contributed by atoms with Gasteiger partial charge in [-0.15, -0.1) is 0 Å². The highest BCUT2D eigenvalue weighted by atomic mass is 16.6. The van der Waals surface area contributed by atoms with E-state index in [0.29, 0.717) is 12.3 Å². The molecule has 1 rings (SSSR count). The number of allylic oxidation sites excluding steroid dienone is 1. The van der Waals surface area contributed by atoms with E-state index in [0.717, 1.165) is 12.8 Å². The van der Waals surface area contributed by atoms with Gasteiger partial charge in [0.05, 0.1) is 6.42 Å². The average Bonchev–Trinajstić information content (AvgIpc) is 2.76. The monoisotopic (exact) mass is 296 g/mol. The second-order valence-corrected chi connectivity index (χ2v) is 6.28. The van der Waals surface area contributed by atoms with Crippen LogP contribution < -0.4 is 0 Å². The summed E-state index contributed by atoms with van der Waals surface area (Å²) in [6, 6.07) is 0. The SMILES string of the molecule is CCCCC(CC)C/C(=C\[C@@]1(CC)OC(=O)C[C@@H]1O)CC. The van der Waals surface area contributed by atoms with Crippen LogP contribution in [0.2, 0.25) is 0 Å². The fourth-order valence-corrected chi connectivity index (χ4v) is 3.15. The maximum atomic E-state index is 11.5. The van der Waals surface area contributed by atoms with Crippen molar-refractivity contribution in [1.29, 1.82) is 0 Å². The van der Waals surface area contributed by atoms with Crippen LogP contribution in [0.25, 0.3) is 0 Å². The molecule has 0 aromatic carbocycles. The van der Waals surface area contributed by atoms with Gasteiger partial charge in [0.25, 0.3) is 0 Å². The maximum Gasteiger partial charge on any atom is 0.309 e. The number of carbonyl (C=O) groups is 1. The molecule has 3 heteroatoms. The third-order valence-corrected chi connectivity index (χ3v) is 4.78. The standard InChI is InChI=1S/C18H32O3/c1-5-9-10-14(6-2)11-15(7-3)13-18(8-4)16(19)12-17(20)21-18/h13-14,16,19H,5-12H2,1-4H3/b15-13-/t14?,16-,18+/m0/s1. The Morgan fingerprint density at radius 2 is 2.14 bits per heavy atom. The summed E-state index contributed by atoms with van der Waals surface area (Å²) in [6.07, 6.45) is 9.05. The zero-order chi connectivity index (χ0) is 15.9. The van der Waals surface area contributed by atoms with Crippen molar-refractivity contribution in [2.45, 2.75) is 90.8 Å². The van der Waals surface area contributed by atoms with Crippen molar-refractivity contribution >= 4 is 5.97 Å². The molecule has 1 saturated heterocycles. The van der Waals surface area contributed by atoms with Gasteiger partial charge < -0.3 is 9.84 Å². The van der Waals surface area contributed by atoms with E-state index in [1.807, 2.05) is 6.92 Å². The number of ether oxygens (including phenoxy) is 1. The van der Waals surface area contributed by atoms with Crippen LogP contribution in [0.5, 0.6) is 0 Å². The summed E-state index contributed by atoms with van der Waals surface area (Å²) in [7, 11) is 0. The van der Waals surface area contributed by atoms with E-state index in [4.69, 9.17) is 4.74 Å². The molecule has 1 aliphatic rings. The van der Waals surface area contributed by atoms with E-state index in [-0.39, 0.29) is 12.4 Å². The molecule has 0 spiro atoms. The van der Waals surface area contributed by atoms with Gasteiger partial charge >= 0.3 is 5.97 Å². The minimum atomic E-state index is -0.786. The largest absolute Gasteiger partial charge is 0.452 e. The highest BCUT2D eigenvalue weighted by Gasteiger charge is 2.45. The van der Waals surface area contributed by atoms with Crippen molar-refractivity contribution in [2.24, 2.45) is 5.92 Å². The van der Waals surface area contributed by atoms with Crippen LogP contribution in [0.4, 0.5) is 0 Å². The Kier molecular flexibility index (Phi) is 7.44. The van der Waals surface area contributed by atoms with Crippen LogP contribution in [-0.4, -0.2) is 22.8 Å². The van der Waals surface area contributed by atoms with E-state index < -0.39 is 11.7 Å². The molecule has 3 atom stereocenters. The number of carbonyl (C=O) groups excluding carboxylic acids is 1. The Labute approximate surface area is 129 Å². The number of hydrogen-bond acceptors (Lipinski definition) is 3. The van der Waals surface area contributed by atoms with Crippen molar-refractivity contribution < 1.29 is 14.6 Å². The van der Waals surface area contributed by atoms with Gasteiger partial charge in [-0.1, -0.05) is 59.0 Å². The lowest BCUT2D eigenvalue weighted by Crippen LogP contribution is -2.37. The molecule has 1 fully saturated rings. The molecule has 0 bridgehead atoms. The molecular weight excluding hydrogens is 264 g/mol. The van der Waals surface area contributed by atoms with Gasteiger partial charge in [0.1, 0.15) is 6.10 Å². The summed E-state index contributed by atoms with van der Waals surface area (Å²) in [4.78, 5) is 11.5. The average molecular weight is 296 g/mol. The highest BCUT2D eigenvalue weighted by Crippen LogP contribution is 2.35. The van der Waals surface area contributed by atoms with Crippen molar-refractivity contribution in [3.8, 4) is 0 Å². The summed E-state index contributed by atoms with van der Waals surface area (Å²) >= 11 is 0. The van der Waals surface area contributed by atoms with Gasteiger partial charge in [-0.3, -0.25) is 4.79 Å². The zero-order valence-corrected chi connectivity index (χ0v) is 14.2. The van der Waals surface area contributed by atoms with Gasteiger partial charge in [0.15, 0.2) is 5.60 Å². The minimum Gasteiger partial charge on any atom is -0.452 e. The quantitative estimate of drug-likeness (QED) is 0.507. The number of unbranched alkanes of at least 4 members (excludes halogenated alkanes) is 1. The topological polar surface area (TPSA) is 46.5 Å². The fraction of sp³-hybridized carbons (Fsp3) is 0.833. The lowest BCUT2D eigenvalue weighted by molar-refractivity contribution is -0.146. The molecule has 0 radical (unpaired) electrons. The lowest BCUT2D eigenvalue weighted by atomic mass is 9.85. The Morgan fingerprint density at radius 3 is 2.57 bits per heavy atom. The van der Waals surface area contributed by atoms with Crippen molar-refractivity contribution in [3.63, 3.8) is 0 Å². The number of cyclic esters (lactones) is 1. The number of esters is 1. The molecule has 0 aromatic heterocycles. The highest BCUT2D eigenvalue weighted by molar-refractivity contribution is 5.74. The molecule has 0 amide bonds. The van der Waals surface area contributed by atoms with E-state index in [9.17, 15) is 9.90 Å². The van der Waals surface area contributed by atoms with Crippen molar-refractivity contribution in [2.75, 3.05) is 0 Å². The Hall–Kier alpha value is -0.830. The molecule has 0 saturated carbocycles. The van der Waals surface area contributed by atoms with Crippen molar-refractivity contribution in [1.82, 2.24) is 0 Å². The maximum absolute atomic E-state index is 11.5. The number of hydrogen-bond donors (Lipinski definition) is 1. The van der Waals surface area contributed by atoms with Crippen LogP contribution in [-0.2, 0) is 9.53 Å². The van der Waals surface area contributed by atoms with Gasteiger partial charge in [0, 0.05) is 0 Å². The molecule has 3 nitrogen and oxygen atoms in total. The summed E-state index contributed by atoms with van der Waals surface area (Å²) in [6.45, 7) is 8.59. The van der Waals surface area contributed by atoms with Gasteiger partial charge in [0.2, 0.25) is 0 Å². The fourth-order valence-electron chi connectivity index (χ4n) is 3.15. The summed E-state index contributed by atoms with van der Waals surface area (Å²) < 4.78 is 5.47. The van der Waals surface area contributed by atoms with E-state index >= 15 is 0 Å². The zero-order valence-electron chi connectivity index (χ0n) is 14.2. The van der Waals surface area contributed by atoms with E-state index in [1.54, 1.807) is 0 Å². The minimum absolute atomic E-state index is 0.119. The molecule has 122 valence electrons. The van der Waals surface area contributed by atoms with Crippen LogP contribution >= 0.6 is 0 Å². The normalized spacial score (nSPS) is 27.8. The number of aliphatic hydroxyl groups is 1. The van der Waals surface area contributed by atoms with Crippen molar-refractivity contribution in [3.05, 3.63) is 11.6 Å². The molecule has 1 unspecified atom stereocenters. The van der Waals surface area contributed by atoms with Crippen LogP contribution in [0.1, 0.15) is 79.1 Å². The van der Waals surface area contributed by atoms with Crippen LogP contribution in [0.3, 0.4) is 0 Å². The van der Waals surface area contributed by atoms with E-state index in [2.05, 4.69) is 26.8 Å². The third-order valence-electron chi connectivity index (χ3n) is 4.78. The van der Waals surface area contributed by atoms with Crippen LogP contribution in [0.15, 0.2) is 11.6 Å². The third kappa shape index (κ3) is 4.84. The molecule has 0 aromatic rings. The lowest BCUT2D eigenvalue weighted by Gasteiger charge is -2.28. The molecule has 1 heterocycles. The smallest absolute Gasteiger partial charge is 0.309 e. The van der Waals surface area contributed by atoms with E-state index in [1.165, 1.54) is 31.3 Å². The molecule has 0 aliphatic carbocycles. The second kappa shape index (κ2) is 8.57. The summed E-state index contributed by atoms with van der Waals surface area (Å²) in [5.41, 5.74) is 0.527. The predicted octanol–water partition coefficient (Wildman–Crippen LogP) is 4.39. The Balaban J connectivity index is 2.83. The molecule has 21 heavy (non-hydrogen) atoms. The van der Waals surface area contributed by atoms with Gasteiger partial charge in [-0.05, 0) is 31.3 Å². The summed E-state index contributed by atoms with van der Waals surface area (Å²) in [5, 5.41) is 10.2. The molecule has 1 N–H and O–H groups in total. The number of aliphatic hydroxyl groups excluding tert-OH is 1. The first-order valence-corrected chi connectivity index (χ1v) is 8.61. The predicted molar refractivity (Wildman–Crippen MR) is 86.0 cm³/mol. The second-order valence-electron chi connectivity index (χ2n) is 6.28. The molecular formula is C18H32O3. The first-order valence-electron chi connectivity index (χ1n) is 8.61. The van der Waals surface area contributed by atoms with Gasteiger partial charge in [-0.2, -0.15) is 0 Å². The summed E-state index contributed by atoms with van der Waals surface area (Å²) in [5.74, 6) is 0.411. The first kappa shape index (κ1) is 18.2. The van der Waals surface area contributed by atoms with Crippen LogP contribution in [0, 0.1) is 5.92 Å². The Bertz CT molecular complexity index is 361. The Morgan fingerprint density at radius 1 is 1.43 bits per heavy atom. The first-order chi connectivity index (χ1) is 10.0. The number of rotatable bonds is 9. The van der Waals surface area contributed by atoms with Gasteiger partial charge in [-0.25, -0.2) is 0 Å².